The Morgan fingerprint density at radius 3 is 2.57 bits per heavy atom. The van der Waals surface area contributed by atoms with Gasteiger partial charge in [0.25, 0.3) is 0 Å². The second-order valence-electron chi connectivity index (χ2n) is 6.74. The van der Waals surface area contributed by atoms with Crippen LogP contribution in [-0.2, 0) is 24.3 Å². The maximum atomic E-state index is 13.2. The SMILES string of the molecule is COC(=O)C(C)NC(=O)[C@@H]1C[C@H](S)CN1S(=O)(=O)c1ccc2ccccc2c1. The number of rotatable bonds is 5. The molecule has 0 aromatic heterocycles. The standard InChI is InChI=1S/C19H22N2O5S2/c1-12(19(23)26-2)20-18(22)17-10-15(27)11-21(17)28(24,25)16-8-7-13-5-3-4-6-14(13)9-16/h3-9,12,15,17,27H,10-11H2,1-2H3,(H,20,22)/t12?,15-,17-/m0/s1. The van der Waals surface area contributed by atoms with E-state index in [1.807, 2.05) is 24.3 Å². The molecule has 1 N–H and O–H groups in total. The van der Waals surface area contributed by atoms with Crippen LogP contribution in [0.5, 0.6) is 0 Å². The third kappa shape index (κ3) is 4.01. The molecule has 7 nitrogen and oxygen atoms in total. The van der Waals surface area contributed by atoms with Crippen LogP contribution in [-0.4, -0.2) is 55.6 Å². The molecule has 0 aliphatic carbocycles. The first-order chi connectivity index (χ1) is 13.2. The summed E-state index contributed by atoms with van der Waals surface area (Å²) in [6.07, 6.45) is 0.260. The van der Waals surface area contributed by atoms with Crippen molar-refractivity contribution in [2.45, 2.75) is 35.6 Å². The van der Waals surface area contributed by atoms with Crippen molar-refractivity contribution < 1.29 is 22.7 Å². The number of fused-ring (bicyclic) bond motifs is 1. The number of amides is 1. The molecule has 0 bridgehead atoms. The van der Waals surface area contributed by atoms with E-state index in [4.69, 9.17) is 0 Å². The summed E-state index contributed by atoms with van der Waals surface area (Å²) in [4.78, 5) is 24.3. The lowest BCUT2D eigenvalue weighted by atomic mass is 10.1. The van der Waals surface area contributed by atoms with E-state index in [1.165, 1.54) is 20.1 Å². The highest BCUT2D eigenvalue weighted by atomic mass is 32.2. The highest BCUT2D eigenvalue weighted by Crippen LogP contribution is 2.30. The fourth-order valence-corrected chi connectivity index (χ4v) is 5.46. The van der Waals surface area contributed by atoms with Crippen LogP contribution in [0.25, 0.3) is 10.8 Å². The van der Waals surface area contributed by atoms with E-state index in [0.29, 0.717) is 0 Å². The van der Waals surface area contributed by atoms with E-state index in [-0.39, 0.29) is 23.1 Å². The van der Waals surface area contributed by atoms with Crippen LogP contribution < -0.4 is 5.32 Å². The molecule has 150 valence electrons. The van der Waals surface area contributed by atoms with E-state index in [9.17, 15) is 18.0 Å². The predicted molar refractivity (Wildman–Crippen MR) is 109 cm³/mol. The van der Waals surface area contributed by atoms with Crippen molar-refractivity contribution in [3.63, 3.8) is 0 Å². The molecule has 1 fully saturated rings. The zero-order valence-corrected chi connectivity index (χ0v) is 17.2. The molecule has 3 atom stereocenters. The summed E-state index contributed by atoms with van der Waals surface area (Å²) in [6, 6.07) is 10.5. The Morgan fingerprint density at radius 2 is 1.89 bits per heavy atom. The lowest BCUT2D eigenvalue weighted by molar-refractivity contribution is -0.144. The predicted octanol–water partition coefficient (Wildman–Crippen LogP) is 1.58. The fraction of sp³-hybridized carbons (Fsp3) is 0.368. The molecular weight excluding hydrogens is 400 g/mol. The van der Waals surface area contributed by atoms with Gasteiger partial charge in [0.1, 0.15) is 12.1 Å². The van der Waals surface area contributed by atoms with Crippen molar-refractivity contribution >= 4 is 45.3 Å². The van der Waals surface area contributed by atoms with Gasteiger partial charge in [0.15, 0.2) is 0 Å². The zero-order chi connectivity index (χ0) is 20.5. The van der Waals surface area contributed by atoms with Crippen LogP contribution in [0.3, 0.4) is 0 Å². The molecule has 2 aromatic carbocycles. The van der Waals surface area contributed by atoms with Gasteiger partial charge in [0, 0.05) is 11.8 Å². The molecule has 1 unspecified atom stereocenters. The van der Waals surface area contributed by atoms with E-state index >= 15 is 0 Å². The van der Waals surface area contributed by atoms with Crippen molar-refractivity contribution in [3.8, 4) is 0 Å². The topological polar surface area (TPSA) is 92.8 Å². The average molecular weight is 423 g/mol. The number of hydrogen-bond donors (Lipinski definition) is 2. The van der Waals surface area contributed by atoms with Gasteiger partial charge in [-0.3, -0.25) is 4.79 Å². The molecule has 0 saturated carbocycles. The van der Waals surface area contributed by atoms with Crippen molar-refractivity contribution in [2.24, 2.45) is 0 Å². The van der Waals surface area contributed by atoms with Crippen LogP contribution in [0.2, 0.25) is 0 Å². The summed E-state index contributed by atoms with van der Waals surface area (Å²) in [5.41, 5.74) is 0. The van der Waals surface area contributed by atoms with Gasteiger partial charge in [-0.05, 0) is 36.2 Å². The van der Waals surface area contributed by atoms with E-state index < -0.39 is 34.0 Å². The van der Waals surface area contributed by atoms with Crippen LogP contribution in [0.4, 0.5) is 0 Å². The number of ether oxygens (including phenoxy) is 1. The Morgan fingerprint density at radius 1 is 1.21 bits per heavy atom. The van der Waals surface area contributed by atoms with Crippen molar-refractivity contribution in [3.05, 3.63) is 42.5 Å². The number of carbonyl (C=O) groups is 2. The molecule has 1 aliphatic rings. The number of sulfonamides is 1. The Labute approximate surface area is 169 Å². The zero-order valence-electron chi connectivity index (χ0n) is 15.5. The molecule has 1 heterocycles. The monoisotopic (exact) mass is 422 g/mol. The van der Waals surface area contributed by atoms with Crippen LogP contribution >= 0.6 is 12.6 Å². The number of thiol groups is 1. The van der Waals surface area contributed by atoms with Crippen molar-refractivity contribution in [2.75, 3.05) is 13.7 Å². The van der Waals surface area contributed by atoms with Gasteiger partial charge in [0.05, 0.1) is 12.0 Å². The van der Waals surface area contributed by atoms with Gasteiger partial charge in [-0.15, -0.1) is 0 Å². The van der Waals surface area contributed by atoms with Gasteiger partial charge >= 0.3 is 5.97 Å². The Bertz CT molecular complexity index is 1010. The summed E-state index contributed by atoms with van der Waals surface area (Å²) in [7, 11) is -2.69. The summed E-state index contributed by atoms with van der Waals surface area (Å²) in [6.45, 7) is 1.60. The van der Waals surface area contributed by atoms with Gasteiger partial charge in [-0.2, -0.15) is 16.9 Å². The first kappa shape index (κ1) is 20.6. The summed E-state index contributed by atoms with van der Waals surface area (Å²) in [5.74, 6) is -1.14. The Balaban J connectivity index is 1.89. The minimum absolute atomic E-state index is 0.114. The summed E-state index contributed by atoms with van der Waals surface area (Å²) in [5, 5.41) is 3.97. The molecule has 0 radical (unpaired) electrons. The van der Waals surface area contributed by atoms with Crippen molar-refractivity contribution in [1.29, 1.82) is 0 Å². The molecule has 0 spiro atoms. The molecule has 1 aliphatic heterocycles. The quantitative estimate of drug-likeness (QED) is 0.564. The number of hydrogen-bond acceptors (Lipinski definition) is 6. The molecule has 9 heteroatoms. The highest BCUT2D eigenvalue weighted by molar-refractivity contribution is 7.89. The smallest absolute Gasteiger partial charge is 0.328 e. The van der Waals surface area contributed by atoms with Gasteiger partial charge in [-0.1, -0.05) is 30.3 Å². The van der Waals surface area contributed by atoms with Gasteiger partial charge in [0.2, 0.25) is 15.9 Å². The second-order valence-corrected chi connectivity index (χ2v) is 9.36. The lowest BCUT2D eigenvalue weighted by Gasteiger charge is -2.24. The molecule has 28 heavy (non-hydrogen) atoms. The minimum Gasteiger partial charge on any atom is -0.467 e. The number of methoxy groups -OCH3 is 1. The molecule has 3 rings (SSSR count). The van der Waals surface area contributed by atoms with Gasteiger partial charge in [-0.25, -0.2) is 13.2 Å². The normalized spacial score (nSPS) is 21.4. The number of benzene rings is 2. The van der Waals surface area contributed by atoms with Crippen molar-refractivity contribution in [1.82, 2.24) is 9.62 Å². The highest BCUT2D eigenvalue weighted by Gasteiger charge is 2.43. The Kier molecular flexibility index (Phi) is 5.97. The molecular formula is C19H22N2O5S2. The molecule has 2 aromatic rings. The number of nitrogens with zero attached hydrogens (tertiary/aromatic N) is 1. The lowest BCUT2D eigenvalue weighted by Crippen LogP contribution is -2.50. The first-order valence-electron chi connectivity index (χ1n) is 8.81. The number of carbonyl (C=O) groups excluding carboxylic acids is 2. The maximum absolute atomic E-state index is 13.2. The first-order valence-corrected chi connectivity index (χ1v) is 10.8. The van der Waals surface area contributed by atoms with Crippen LogP contribution in [0.15, 0.2) is 47.4 Å². The Hall–Kier alpha value is -2.10. The fourth-order valence-electron chi connectivity index (χ4n) is 3.30. The largest absolute Gasteiger partial charge is 0.467 e. The van der Waals surface area contributed by atoms with E-state index in [2.05, 4.69) is 22.7 Å². The average Bonchev–Trinajstić information content (AvgIpc) is 3.09. The van der Waals surface area contributed by atoms with E-state index in [1.54, 1.807) is 12.1 Å². The summed E-state index contributed by atoms with van der Waals surface area (Å²) >= 11 is 4.38. The summed E-state index contributed by atoms with van der Waals surface area (Å²) < 4.78 is 32.2. The van der Waals surface area contributed by atoms with Crippen LogP contribution in [0.1, 0.15) is 13.3 Å². The number of esters is 1. The third-order valence-electron chi connectivity index (χ3n) is 4.78. The van der Waals surface area contributed by atoms with Gasteiger partial charge < -0.3 is 10.1 Å². The van der Waals surface area contributed by atoms with Crippen LogP contribution in [0, 0.1) is 0 Å². The third-order valence-corrected chi connectivity index (χ3v) is 7.02. The van der Waals surface area contributed by atoms with E-state index in [0.717, 1.165) is 15.1 Å². The maximum Gasteiger partial charge on any atom is 0.328 e. The molecule has 1 amide bonds. The minimum atomic E-state index is -3.91. The molecule has 1 saturated heterocycles. The second kappa shape index (κ2) is 8.10. The number of nitrogens with one attached hydrogen (secondary N) is 1.